The van der Waals surface area contributed by atoms with E-state index in [-0.39, 0.29) is 6.04 Å². The Bertz CT molecular complexity index is 740. The summed E-state index contributed by atoms with van der Waals surface area (Å²) in [5, 5.41) is 0. The normalized spacial score (nSPS) is 19.6. The van der Waals surface area contributed by atoms with Gasteiger partial charge in [-0.1, -0.05) is 82.7 Å². The molecule has 0 aromatic heterocycles. The van der Waals surface area contributed by atoms with E-state index in [1.165, 1.54) is 11.1 Å². The third-order valence-corrected chi connectivity index (χ3v) is 3.89. The van der Waals surface area contributed by atoms with Crippen LogP contribution in [0.25, 0.3) is 6.08 Å². The Balaban J connectivity index is 1.87. The van der Waals surface area contributed by atoms with Crippen LogP contribution in [0, 0.1) is 0 Å². The first-order valence-electron chi connectivity index (χ1n) is 7.21. The molecule has 0 saturated carbocycles. The van der Waals surface area contributed by atoms with Gasteiger partial charge in [0.25, 0.3) is 0 Å². The maximum atomic E-state index is 4.72. The van der Waals surface area contributed by atoms with Gasteiger partial charge < -0.3 is 0 Å². The van der Waals surface area contributed by atoms with E-state index in [2.05, 4.69) is 64.5 Å². The van der Waals surface area contributed by atoms with E-state index in [1.54, 1.807) is 0 Å². The second-order valence-corrected chi connectivity index (χ2v) is 5.99. The van der Waals surface area contributed by atoms with Gasteiger partial charge in [0.05, 0.1) is 6.04 Å². The highest BCUT2D eigenvalue weighted by Gasteiger charge is 2.11. The molecule has 1 aliphatic carbocycles. The van der Waals surface area contributed by atoms with Crippen molar-refractivity contribution in [3.8, 4) is 0 Å². The molecule has 3 rings (SSSR count). The predicted molar refractivity (Wildman–Crippen MR) is 98.4 cm³/mol. The molecule has 0 fully saturated rings. The van der Waals surface area contributed by atoms with Gasteiger partial charge >= 0.3 is 0 Å². The number of halogens is 1. The Kier molecular flexibility index (Phi) is 4.81. The summed E-state index contributed by atoms with van der Waals surface area (Å²) in [5.41, 5.74) is 3.47. The second kappa shape index (κ2) is 7.19. The lowest BCUT2D eigenvalue weighted by Crippen LogP contribution is -2.07. The van der Waals surface area contributed by atoms with Crippen molar-refractivity contribution in [1.29, 1.82) is 0 Å². The van der Waals surface area contributed by atoms with E-state index < -0.39 is 0 Å². The molecule has 1 atom stereocenters. The zero-order valence-corrected chi connectivity index (χ0v) is 13.6. The number of aliphatic imine (C=N–C) groups is 1. The largest absolute Gasteiger partial charge is 0.280 e. The van der Waals surface area contributed by atoms with Crippen LogP contribution in [0.4, 0.5) is 0 Å². The van der Waals surface area contributed by atoms with Crippen molar-refractivity contribution in [2.45, 2.75) is 6.04 Å². The van der Waals surface area contributed by atoms with Crippen molar-refractivity contribution in [1.82, 2.24) is 0 Å². The van der Waals surface area contributed by atoms with Crippen molar-refractivity contribution < 1.29 is 0 Å². The molecule has 0 amide bonds. The molecule has 1 nitrogen and oxygen atoms in total. The summed E-state index contributed by atoms with van der Waals surface area (Å²) in [6.45, 7) is 0. The van der Waals surface area contributed by atoms with Gasteiger partial charge in [-0.15, -0.1) is 0 Å². The molecule has 0 bridgehead atoms. The standard InChI is InChI=1S/C20H16BrN/c21-19-11-12-20(22-15-17-9-5-2-6-10-17)18(14-19)13-16-7-3-1-4-8-16/h1-15,20H. The van der Waals surface area contributed by atoms with E-state index in [0.29, 0.717) is 0 Å². The van der Waals surface area contributed by atoms with Crippen LogP contribution in [-0.2, 0) is 0 Å². The molecule has 0 aliphatic heterocycles. The summed E-state index contributed by atoms with van der Waals surface area (Å²) < 4.78 is 1.07. The van der Waals surface area contributed by atoms with Gasteiger partial charge in [0, 0.05) is 10.7 Å². The first-order chi connectivity index (χ1) is 10.8. The Labute approximate surface area is 139 Å². The maximum absolute atomic E-state index is 4.72. The molecule has 2 aromatic rings. The minimum absolute atomic E-state index is 0.0433. The Morgan fingerprint density at radius 1 is 0.864 bits per heavy atom. The van der Waals surface area contributed by atoms with Gasteiger partial charge in [-0.2, -0.15) is 0 Å². The predicted octanol–water partition coefficient (Wildman–Crippen LogP) is 5.41. The summed E-state index contributed by atoms with van der Waals surface area (Å²) in [5.74, 6) is 0. The van der Waals surface area contributed by atoms with Crippen LogP contribution in [0.1, 0.15) is 11.1 Å². The van der Waals surface area contributed by atoms with Gasteiger partial charge in [-0.05, 0) is 34.9 Å². The van der Waals surface area contributed by atoms with Crippen LogP contribution in [0.15, 0.2) is 93.9 Å². The lowest BCUT2D eigenvalue weighted by molar-refractivity contribution is 0.984. The van der Waals surface area contributed by atoms with Crippen molar-refractivity contribution in [2.75, 3.05) is 0 Å². The van der Waals surface area contributed by atoms with Crippen molar-refractivity contribution in [3.05, 3.63) is 100 Å². The van der Waals surface area contributed by atoms with E-state index >= 15 is 0 Å². The second-order valence-electron chi connectivity index (χ2n) is 5.08. The lowest BCUT2D eigenvalue weighted by Gasteiger charge is -2.14. The van der Waals surface area contributed by atoms with Crippen molar-refractivity contribution in [3.63, 3.8) is 0 Å². The molecule has 2 heteroatoms. The zero-order chi connectivity index (χ0) is 15.2. The van der Waals surface area contributed by atoms with Gasteiger partial charge in [-0.3, -0.25) is 4.99 Å². The minimum atomic E-state index is 0.0433. The minimum Gasteiger partial charge on any atom is -0.280 e. The molecule has 2 aromatic carbocycles. The first kappa shape index (κ1) is 14.7. The maximum Gasteiger partial charge on any atom is 0.0934 e. The summed E-state index contributed by atoms with van der Waals surface area (Å²) in [4.78, 5) is 4.72. The Hall–Kier alpha value is -2.19. The van der Waals surface area contributed by atoms with Crippen LogP contribution in [-0.4, -0.2) is 12.3 Å². The summed E-state index contributed by atoms with van der Waals surface area (Å²) in [6, 6.07) is 20.5. The molecule has 1 aliphatic rings. The molecule has 22 heavy (non-hydrogen) atoms. The number of rotatable bonds is 3. The lowest BCUT2D eigenvalue weighted by atomic mass is 9.99. The topological polar surface area (TPSA) is 12.4 Å². The molecule has 0 saturated heterocycles. The number of hydrogen-bond acceptors (Lipinski definition) is 1. The zero-order valence-electron chi connectivity index (χ0n) is 12.1. The highest BCUT2D eigenvalue weighted by Crippen LogP contribution is 2.24. The first-order valence-corrected chi connectivity index (χ1v) is 8.01. The van der Waals surface area contributed by atoms with E-state index in [4.69, 9.17) is 4.99 Å². The molecule has 0 heterocycles. The molecular formula is C20H16BrN. The fraction of sp³-hybridized carbons (Fsp3) is 0.0500. The average Bonchev–Trinajstić information content (AvgIpc) is 2.56. The summed E-state index contributed by atoms with van der Waals surface area (Å²) in [6.07, 6.45) is 10.4. The Morgan fingerprint density at radius 3 is 2.18 bits per heavy atom. The fourth-order valence-electron chi connectivity index (χ4n) is 2.30. The van der Waals surface area contributed by atoms with E-state index in [1.807, 2.05) is 42.6 Å². The van der Waals surface area contributed by atoms with Crippen molar-refractivity contribution in [2.24, 2.45) is 4.99 Å². The molecule has 0 spiro atoms. The third kappa shape index (κ3) is 3.92. The number of nitrogens with zero attached hydrogens (tertiary/aromatic N) is 1. The quantitative estimate of drug-likeness (QED) is 0.657. The van der Waals surface area contributed by atoms with Crippen LogP contribution < -0.4 is 0 Å². The molecule has 1 unspecified atom stereocenters. The van der Waals surface area contributed by atoms with E-state index in [9.17, 15) is 0 Å². The molecule has 0 radical (unpaired) electrons. The van der Waals surface area contributed by atoms with Crippen LogP contribution in [0.5, 0.6) is 0 Å². The van der Waals surface area contributed by atoms with E-state index in [0.717, 1.165) is 10.0 Å². The smallest absolute Gasteiger partial charge is 0.0934 e. The number of allylic oxidation sites excluding steroid dienone is 2. The summed E-state index contributed by atoms with van der Waals surface area (Å²) in [7, 11) is 0. The third-order valence-electron chi connectivity index (χ3n) is 3.40. The van der Waals surface area contributed by atoms with Gasteiger partial charge in [0.2, 0.25) is 0 Å². The number of benzene rings is 2. The fourth-order valence-corrected chi connectivity index (χ4v) is 2.71. The SMILES string of the molecule is BrC1=CC(=Cc2ccccc2)C(N=Cc2ccccc2)C=C1. The van der Waals surface area contributed by atoms with Crippen LogP contribution >= 0.6 is 15.9 Å². The van der Waals surface area contributed by atoms with Crippen molar-refractivity contribution >= 4 is 28.2 Å². The highest BCUT2D eigenvalue weighted by atomic mass is 79.9. The highest BCUT2D eigenvalue weighted by molar-refractivity contribution is 9.11. The molecule has 0 N–H and O–H groups in total. The van der Waals surface area contributed by atoms with Gasteiger partial charge in [0.15, 0.2) is 0 Å². The van der Waals surface area contributed by atoms with Crippen LogP contribution in [0.3, 0.4) is 0 Å². The monoisotopic (exact) mass is 349 g/mol. The summed E-state index contributed by atoms with van der Waals surface area (Å²) >= 11 is 3.55. The van der Waals surface area contributed by atoms with Gasteiger partial charge in [-0.25, -0.2) is 0 Å². The van der Waals surface area contributed by atoms with Gasteiger partial charge in [0.1, 0.15) is 0 Å². The number of hydrogen-bond donors (Lipinski definition) is 0. The molecular weight excluding hydrogens is 334 g/mol. The van der Waals surface area contributed by atoms with Crippen LogP contribution in [0.2, 0.25) is 0 Å². The average molecular weight is 350 g/mol. The molecule has 108 valence electrons. The Morgan fingerprint density at radius 2 is 1.50 bits per heavy atom.